The van der Waals surface area contributed by atoms with E-state index in [-0.39, 0.29) is 6.10 Å². The average molecular weight is 235 g/mol. The molecule has 0 bridgehead atoms. The zero-order valence-corrected chi connectivity index (χ0v) is 10.5. The SMILES string of the molecule is CC(C)CCC(O)c1cnc2ccsc2c1. The van der Waals surface area contributed by atoms with E-state index in [1.807, 2.05) is 11.4 Å². The van der Waals surface area contributed by atoms with Crippen molar-refractivity contribution in [3.05, 3.63) is 29.3 Å². The topological polar surface area (TPSA) is 33.1 Å². The molecule has 2 rings (SSSR count). The van der Waals surface area contributed by atoms with Crippen molar-refractivity contribution in [3.8, 4) is 0 Å². The van der Waals surface area contributed by atoms with Crippen LogP contribution in [0.25, 0.3) is 10.2 Å². The van der Waals surface area contributed by atoms with Crippen LogP contribution in [0.3, 0.4) is 0 Å². The molecule has 0 radical (unpaired) electrons. The van der Waals surface area contributed by atoms with E-state index in [9.17, 15) is 5.11 Å². The number of rotatable bonds is 4. The Kier molecular flexibility index (Phi) is 3.56. The maximum atomic E-state index is 10.0. The first-order chi connectivity index (χ1) is 7.66. The minimum absolute atomic E-state index is 0.374. The summed E-state index contributed by atoms with van der Waals surface area (Å²) in [5, 5.41) is 12.1. The van der Waals surface area contributed by atoms with Crippen LogP contribution in [0.2, 0.25) is 0 Å². The molecule has 1 unspecified atom stereocenters. The number of hydrogen-bond acceptors (Lipinski definition) is 3. The van der Waals surface area contributed by atoms with Crippen LogP contribution in [0.5, 0.6) is 0 Å². The van der Waals surface area contributed by atoms with Crippen molar-refractivity contribution >= 4 is 21.6 Å². The van der Waals surface area contributed by atoms with Crippen LogP contribution in [0, 0.1) is 5.92 Å². The Bertz CT molecular complexity index is 464. The van der Waals surface area contributed by atoms with E-state index in [2.05, 4.69) is 24.9 Å². The van der Waals surface area contributed by atoms with E-state index in [4.69, 9.17) is 0 Å². The normalized spacial score (nSPS) is 13.5. The Balaban J connectivity index is 2.12. The second-order valence-electron chi connectivity index (χ2n) is 4.56. The number of hydrogen-bond donors (Lipinski definition) is 1. The maximum Gasteiger partial charge on any atom is 0.0809 e. The van der Waals surface area contributed by atoms with Crippen molar-refractivity contribution in [1.29, 1.82) is 0 Å². The zero-order valence-electron chi connectivity index (χ0n) is 9.68. The number of aliphatic hydroxyl groups excluding tert-OH is 1. The standard InChI is InChI=1S/C13H17NOS/c1-9(2)3-4-12(15)10-7-13-11(14-8-10)5-6-16-13/h5-9,12,15H,3-4H2,1-2H3. The first-order valence-electron chi connectivity index (χ1n) is 5.68. The highest BCUT2D eigenvalue weighted by Gasteiger charge is 2.10. The Labute approximate surface area is 100.0 Å². The van der Waals surface area contributed by atoms with Gasteiger partial charge in [0, 0.05) is 11.8 Å². The van der Waals surface area contributed by atoms with Crippen molar-refractivity contribution < 1.29 is 5.11 Å². The number of nitrogens with zero attached hydrogens (tertiary/aromatic N) is 1. The number of fused-ring (bicyclic) bond motifs is 1. The molecule has 2 aromatic heterocycles. The molecule has 0 aromatic carbocycles. The summed E-state index contributed by atoms with van der Waals surface area (Å²) in [6.07, 6.45) is 3.28. The molecule has 0 saturated heterocycles. The quantitative estimate of drug-likeness (QED) is 0.875. The van der Waals surface area contributed by atoms with Crippen molar-refractivity contribution in [2.24, 2.45) is 5.92 Å². The van der Waals surface area contributed by atoms with Crippen LogP contribution in [0.15, 0.2) is 23.7 Å². The van der Waals surface area contributed by atoms with E-state index in [0.717, 1.165) is 28.6 Å². The molecule has 16 heavy (non-hydrogen) atoms. The number of pyridine rings is 1. The van der Waals surface area contributed by atoms with Gasteiger partial charge in [0.1, 0.15) is 0 Å². The molecule has 86 valence electrons. The van der Waals surface area contributed by atoms with Gasteiger partial charge in [0.15, 0.2) is 0 Å². The van der Waals surface area contributed by atoms with Crippen LogP contribution >= 0.6 is 11.3 Å². The maximum absolute atomic E-state index is 10.0. The predicted molar refractivity (Wildman–Crippen MR) is 68.7 cm³/mol. The number of thiophene rings is 1. The lowest BCUT2D eigenvalue weighted by Crippen LogP contribution is -2.00. The van der Waals surface area contributed by atoms with Gasteiger partial charge in [0.2, 0.25) is 0 Å². The highest BCUT2D eigenvalue weighted by Crippen LogP contribution is 2.25. The number of aliphatic hydroxyl groups is 1. The molecule has 2 heterocycles. The van der Waals surface area contributed by atoms with E-state index >= 15 is 0 Å². The van der Waals surface area contributed by atoms with Gasteiger partial charge in [-0.25, -0.2) is 0 Å². The summed E-state index contributed by atoms with van der Waals surface area (Å²) in [5.74, 6) is 0.632. The molecule has 1 N–H and O–H groups in total. The summed E-state index contributed by atoms with van der Waals surface area (Å²) in [5.41, 5.74) is 1.96. The lowest BCUT2D eigenvalue weighted by Gasteiger charge is -2.12. The second-order valence-corrected chi connectivity index (χ2v) is 5.51. The minimum atomic E-state index is -0.374. The Hall–Kier alpha value is -0.930. The molecule has 2 nitrogen and oxygen atoms in total. The monoisotopic (exact) mass is 235 g/mol. The molecule has 3 heteroatoms. The van der Waals surface area contributed by atoms with E-state index < -0.39 is 0 Å². The van der Waals surface area contributed by atoms with Crippen molar-refractivity contribution in [1.82, 2.24) is 4.98 Å². The van der Waals surface area contributed by atoms with Gasteiger partial charge in [0.05, 0.1) is 16.3 Å². The van der Waals surface area contributed by atoms with Crippen molar-refractivity contribution in [2.75, 3.05) is 0 Å². The third-order valence-electron chi connectivity index (χ3n) is 2.73. The molecule has 0 spiro atoms. The van der Waals surface area contributed by atoms with E-state index in [1.165, 1.54) is 0 Å². The predicted octanol–water partition coefficient (Wildman–Crippen LogP) is 3.77. The second kappa shape index (κ2) is 4.93. The first-order valence-corrected chi connectivity index (χ1v) is 6.56. The molecule has 0 saturated carbocycles. The fraction of sp³-hybridized carbons (Fsp3) is 0.462. The van der Waals surface area contributed by atoms with E-state index in [0.29, 0.717) is 5.92 Å². The minimum Gasteiger partial charge on any atom is -0.388 e. The Morgan fingerprint density at radius 2 is 2.19 bits per heavy atom. The smallest absolute Gasteiger partial charge is 0.0809 e. The van der Waals surface area contributed by atoms with Gasteiger partial charge in [-0.3, -0.25) is 4.98 Å². The van der Waals surface area contributed by atoms with Gasteiger partial charge in [-0.2, -0.15) is 0 Å². The molecule has 0 fully saturated rings. The van der Waals surface area contributed by atoms with Gasteiger partial charge < -0.3 is 5.11 Å². The largest absolute Gasteiger partial charge is 0.388 e. The summed E-state index contributed by atoms with van der Waals surface area (Å²) >= 11 is 1.67. The summed E-state index contributed by atoms with van der Waals surface area (Å²) in [6.45, 7) is 4.35. The fourth-order valence-electron chi connectivity index (χ4n) is 1.70. The third kappa shape index (κ3) is 2.60. The highest BCUT2D eigenvalue weighted by molar-refractivity contribution is 7.17. The van der Waals surface area contributed by atoms with Crippen LogP contribution in [0.4, 0.5) is 0 Å². The van der Waals surface area contributed by atoms with Gasteiger partial charge in [-0.1, -0.05) is 13.8 Å². The van der Waals surface area contributed by atoms with Crippen LogP contribution in [-0.2, 0) is 0 Å². The molecule has 0 aliphatic rings. The van der Waals surface area contributed by atoms with Crippen molar-refractivity contribution in [3.63, 3.8) is 0 Å². The fourth-order valence-corrected chi connectivity index (χ4v) is 2.49. The summed E-state index contributed by atoms with van der Waals surface area (Å²) in [7, 11) is 0. The van der Waals surface area contributed by atoms with Crippen molar-refractivity contribution in [2.45, 2.75) is 32.8 Å². The van der Waals surface area contributed by atoms with Crippen LogP contribution in [-0.4, -0.2) is 10.1 Å². The molecular weight excluding hydrogens is 218 g/mol. The zero-order chi connectivity index (χ0) is 11.5. The van der Waals surface area contributed by atoms with Gasteiger partial charge in [-0.15, -0.1) is 11.3 Å². The Morgan fingerprint density at radius 3 is 2.94 bits per heavy atom. The summed E-state index contributed by atoms with van der Waals surface area (Å²) in [6, 6.07) is 4.06. The molecular formula is C13H17NOS. The highest BCUT2D eigenvalue weighted by atomic mass is 32.1. The molecule has 0 aliphatic carbocycles. The number of aromatic nitrogens is 1. The van der Waals surface area contributed by atoms with Gasteiger partial charge in [0.25, 0.3) is 0 Å². The van der Waals surface area contributed by atoms with Crippen LogP contribution < -0.4 is 0 Å². The van der Waals surface area contributed by atoms with Crippen LogP contribution in [0.1, 0.15) is 38.4 Å². The molecule has 2 aromatic rings. The summed E-state index contributed by atoms with van der Waals surface area (Å²) < 4.78 is 1.15. The Morgan fingerprint density at radius 1 is 1.38 bits per heavy atom. The first kappa shape index (κ1) is 11.6. The lowest BCUT2D eigenvalue weighted by atomic mass is 10.0. The van der Waals surface area contributed by atoms with Gasteiger partial charge >= 0.3 is 0 Å². The van der Waals surface area contributed by atoms with Gasteiger partial charge in [-0.05, 0) is 36.3 Å². The molecule has 0 aliphatic heterocycles. The van der Waals surface area contributed by atoms with E-state index in [1.54, 1.807) is 17.5 Å². The lowest BCUT2D eigenvalue weighted by molar-refractivity contribution is 0.159. The third-order valence-corrected chi connectivity index (χ3v) is 3.58. The summed E-state index contributed by atoms with van der Waals surface area (Å²) in [4.78, 5) is 4.34. The molecule has 0 amide bonds. The molecule has 1 atom stereocenters. The average Bonchev–Trinajstić information content (AvgIpc) is 2.72.